The van der Waals surface area contributed by atoms with Crippen LogP contribution in [-0.2, 0) is 35.3 Å². The average molecular weight is 434 g/mol. The van der Waals surface area contributed by atoms with E-state index < -0.39 is 11.8 Å². The molecule has 2 fully saturated rings. The molecule has 10 heteroatoms. The van der Waals surface area contributed by atoms with E-state index in [1.807, 2.05) is 50.3 Å². The van der Waals surface area contributed by atoms with Gasteiger partial charge in [-0.15, -0.1) is 0 Å². The van der Waals surface area contributed by atoms with Gasteiger partial charge in [0.2, 0.25) is 6.49 Å². The summed E-state index contributed by atoms with van der Waals surface area (Å²) in [6.45, 7) is 8.73. The van der Waals surface area contributed by atoms with Crippen LogP contribution in [0, 0.1) is 0 Å². The van der Waals surface area contributed by atoms with Crippen LogP contribution in [0.2, 0.25) is 0 Å². The van der Waals surface area contributed by atoms with Crippen molar-refractivity contribution in [3.8, 4) is 0 Å². The Kier molecular flexibility index (Phi) is 8.29. The van der Waals surface area contributed by atoms with Gasteiger partial charge < -0.3 is 28.4 Å². The van der Waals surface area contributed by atoms with E-state index in [0.29, 0.717) is 0 Å². The van der Waals surface area contributed by atoms with Gasteiger partial charge in [0.25, 0.3) is 0 Å². The summed E-state index contributed by atoms with van der Waals surface area (Å²) < 4.78 is 30.1. The minimum Gasteiger partial charge on any atom is -0.381 e. The van der Waals surface area contributed by atoms with Crippen molar-refractivity contribution >= 4 is 34.0 Å². The van der Waals surface area contributed by atoms with Crippen molar-refractivity contribution in [2.24, 2.45) is 0 Å². The Morgan fingerprint density at radius 3 is 2.00 bits per heavy atom. The van der Waals surface area contributed by atoms with E-state index in [1.165, 1.54) is 0 Å². The Hall–Kier alpha value is 0.540. The molecule has 0 spiro atoms. The standard InChI is InChI=1S/C18H37B2O6PS/c1-7-11-12(8-15(19)23-11)26-18(5,6)27(21,28)22-10-14-13(9-16(20)24-14)25-17(2,3)4/h11-16H,7-10,19-20H2,1-6H3,(H,21,28). The smallest absolute Gasteiger partial charge is 0.217 e. The van der Waals surface area contributed by atoms with Crippen molar-refractivity contribution in [1.29, 1.82) is 0 Å². The van der Waals surface area contributed by atoms with Crippen LogP contribution in [0.5, 0.6) is 0 Å². The van der Waals surface area contributed by atoms with Crippen molar-refractivity contribution in [2.75, 3.05) is 6.61 Å². The summed E-state index contributed by atoms with van der Waals surface area (Å²) in [7, 11) is 4.06. The third kappa shape index (κ3) is 6.52. The maximum absolute atomic E-state index is 11.0. The molecule has 2 aliphatic rings. The van der Waals surface area contributed by atoms with Crippen LogP contribution in [0.1, 0.15) is 60.8 Å². The molecule has 1 N–H and O–H groups in total. The molecule has 0 saturated carbocycles. The lowest BCUT2D eigenvalue weighted by Gasteiger charge is -2.37. The predicted molar refractivity (Wildman–Crippen MR) is 120 cm³/mol. The first-order chi connectivity index (χ1) is 12.7. The fourth-order valence-corrected chi connectivity index (χ4v) is 5.06. The Morgan fingerprint density at radius 2 is 1.50 bits per heavy atom. The van der Waals surface area contributed by atoms with Crippen molar-refractivity contribution in [3.63, 3.8) is 0 Å². The van der Waals surface area contributed by atoms with Gasteiger partial charge in [0, 0.05) is 12.0 Å². The molecule has 2 heterocycles. The summed E-state index contributed by atoms with van der Waals surface area (Å²) in [6.07, 6.45) is 2.05. The maximum atomic E-state index is 11.0. The van der Waals surface area contributed by atoms with Gasteiger partial charge in [0.05, 0.1) is 30.5 Å². The van der Waals surface area contributed by atoms with E-state index in [9.17, 15) is 4.89 Å². The Bertz CT molecular complexity index is 573. The summed E-state index contributed by atoms with van der Waals surface area (Å²) in [5.74, 6) is 0. The first kappa shape index (κ1) is 24.8. The summed E-state index contributed by atoms with van der Waals surface area (Å²) in [5.41, 5.74) is -0.271. The van der Waals surface area contributed by atoms with Crippen molar-refractivity contribution in [2.45, 2.75) is 108 Å². The molecule has 0 aromatic heterocycles. The highest BCUT2D eigenvalue weighted by molar-refractivity contribution is 8.10. The normalized spacial score (nSPS) is 36.5. The van der Waals surface area contributed by atoms with Crippen LogP contribution in [0.3, 0.4) is 0 Å². The maximum Gasteiger partial charge on any atom is 0.217 e. The van der Waals surface area contributed by atoms with Crippen molar-refractivity contribution in [3.05, 3.63) is 0 Å². The second-order valence-corrected chi connectivity index (χ2v) is 13.4. The number of hydrogen-bond acceptors (Lipinski definition) is 6. The van der Waals surface area contributed by atoms with Crippen LogP contribution in [0.4, 0.5) is 0 Å². The van der Waals surface area contributed by atoms with Crippen LogP contribution in [0.25, 0.3) is 0 Å². The number of hydrogen-bond donors (Lipinski definition) is 1. The van der Waals surface area contributed by atoms with Crippen LogP contribution >= 0.6 is 6.49 Å². The third-order valence-electron chi connectivity index (χ3n) is 5.21. The molecule has 7 unspecified atom stereocenters. The molecule has 0 radical (unpaired) electrons. The summed E-state index contributed by atoms with van der Waals surface area (Å²) in [5, 5.41) is -0.974. The largest absolute Gasteiger partial charge is 0.381 e. The molecular formula is C18H37B2O6PS. The van der Waals surface area contributed by atoms with Gasteiger partial charge in [0.1, 0.15) is 27.1 Å². The van der Waals surface area contributed by atoms with Crippen molar-refractivity contribution in [1.82, 2.24) is 0 Å². The summed E-state index contributed by atoms with van der Waals surface area (Å²) >= 11 is 5.51. The molecule has 2 rings (SSSR count). The van der Waals surface area contributed by atoms with Crippen molar-refractivity contribution < 1.29 is 28.4 Å². The molecule has 0 aromatic rings. The first-order valence-corrected chi connectivity index (χ1v) is 13.1. The molecule has 28 heavy (non-hydrogen) atoms. The minimum absolute atomic E-state index is 0.0212. The fraction of sp³-hybridized carbons (Fsp3) is 1.00. The molecule has 2 saturated heterocycles. The lowest BCUT2D eigenvalue weighted by molar-refractivity contribution is -0.0994. The average Bonchev–Trinajstić information content (AvgIpc) is 3.04. The number of rotatable bonds is 8. The SMILES string of the molecule is BC1CC(OC(C)(C)C)C(COP(O)(=S)C(C)(C)OC2CC(B)OC2CC)O1. The molecule has 2 aliphatic heterocycles. The van der Waals surface area contributed by atoms with Gasteiger partial charge in [-0.05, 0) is 65.7 Å². The monoisotopic (exact) mass is 434 g/mol. The molecule has 6 nitrogen and oxygen atoms in total. The Morgan fingerprint density at radius 1 is 1.00 bits per heavy atom. The van der Waals surface area contributed by atoms with Gasteiger partial charge in [-0.25, -0.2) is 0 Å². The summed E-state index contributed by atoms with van der Waals surface area (Å²) in [6, 6.07) is 0.232. The lowest BCUT2D eigenvalue weighted by Crippen LogP contribution is -2.38. The second kappa shape index (κ2) is 9.35. The molecule has 0 aliphatic carbocycles. The summed E-state index contributed by atoms with van der Waals surface area (Å²) in [4.78, 5) is 11.0. The quantitative estimate of drug-likeness (QED) is 0.459. The second-order valence-electron chi connectivity index (χ2n) is 9.54. The highest BCUT2D eigenvalue weighted by Crippen LogP contribution is 2.57. The van der Waals surface area contributed by atoms with Gasteiger partial charge in [-0.2, -0.15) is 0 Å². The molecule has 0 aromatic carbocycles. The zero-order valence-corrected chi connectivity index (χ0v) is 20.3. The molecule has 7 atom stereocenters. The zero-order chi connectivity index (χ0) is 21.3. The third-order valence-corrected chi connectivity index (χ3v) is 8.81. The van der Waals surface area contributed by atoms with E-state index in [2.05, 4.69) is 6.92 Å². The van der Waals surface area contributed by atoms with Crippen LogP contribution in [0.15, 0.2) is 0 Å². The molecule has 162 valence electrons. The topological polar surface area (TPSA) is 66.4 Å². The Balaban J connectivity index is 1.98. The molecule has 0 amide bonds. The number of ether oxygens (including phenoxy) is 4. The van der Waals surface area contributed by atoms with E-state index in [4.69, 9.17) is 35.3 Å². The van der Waals surface area contributed by atoms with E-state index in [-0.39, 0.29) is 48.6 Å². The first-order valence-electron chi connectivity index (χ1n) is 10.4. The molecular weight excluding hydrogens is 397 g/mol. The lowest BCUT2D eigenvalue weighted by atomic mass is 9.95. The van der Waals surface area contributed by atoms with Crippen LogP contribution < -0.4 is 0 Å². The predicted octanol–water partition coefficient (Wildman–Crippen LogP) is 1.52. The zero-order valence-electron chi connectivity index (χ0n) is 18.6. The van der Waals surface area contributed by atoms with Crippen LogP contribution in [-0.4, -0.2) is 74.6 Å². The van der Waals surface area contributed by atoms with Gasteiger partial charge in [-0.3, -0.25) is 0 Å². The molecule has 0 bridgehead atoms. The highest BCUT2D eigenvalue weighted by atomic mass is 32.5. The van der Waals surface area contributed by atoms with Gasteiger partial charge >= 0.3 is 0 Å². The van der Waals surface area contributed by atoms with Gasteiger partial charge in [-0.1, -0.05) is 6.92 Å². The van der Waals surface area contributed by atoms with E-state index in [0.717, 1.165) is 19.3 Å². The van der Waals surface area contributed by atoms with E-state index in [1.54, 1.807) is 0 Å². The Labute approximate surface area is 177 Å². The van der Waals surface area contributed by atoms with Gasteiger partial charge in [0.15, 0.2) is 0 Å². The fourth-order valence-electron chi connectivity index (χ4n) is 3.82. The minimum atomic E-state index is -3.23. The van der Waals surface area contributed by atoms with E-state index >= 15 is 0 Å². The highest BCUT2D eigenvalue weighted by Gasteiger charge is 2.45.